The number of carbonyl (C=O) groups excluding carboxylic acids is 1. The van der Waals surface area contributed by atoms with Gasteiger partial charge in [0.25, 0.3) is 5.91 Å². The van der Waals surface area contributed by atoms with E-state index in [1.165, 1.54) is 12.1 Å². The number of carbonyl (C=O) groups is 1. The first kappa shape index (κ1) is 20.5. The smallest absolute Gasteiger partial charge is 0.251 e. The summed E-state index contributed by atoms with van der Waals surface area (Å²) in [4.78, 5) is 17.1. The van der Waals surface area contributed by atoms with E-state index in [4.69, 9.17) is 4.74 Å². The Bertz CT molecular complexity index is 1130. The summed E-state index contributed by atoms with van der Waals surface area (Å²) in [6, 6.07) is 25.6. The van der Waals surface area contributed by atoms with E-state index < -0.39 is 0 Å². The molecule has 0 saturated heterocycles. The standard InChI is InChI=1S/C25H22FN3O2/c26-22-13-11-21(12-14-22)24-25(29(18-27-24)15-19-7-3-1-4-8-19)28-23(30)17-31-16-20-9-5-2-6-10-20/h1-14,18H,15-17H2,(H,28,30). The van der Waals surface area contributed by atoms with Crippen molar-refractivity contribution in [1.82, 2.24) is 9.55 Å². The second kappa shape index (κ2) is 9.82. The van der Waals surface area contributed by atoms with Gasteiger partial charge in [-0.25, -0.2) is 9.37 Å². The molecular formula is C25H22FN3O2. The lowest BCUT2D eigenvalue weighted by molar-refractivity contribution is -0.121. The number of imidazole rings is 1. The Kier molecular flexibility index (Phi) is 6.50. The number of halogens is 1. The highest BCUT2D eigenvalue weighted by molar-refractivity contribution is 5.94. The van der Waals surface area contributed by atoms with Crippen LogP contribution in [0.25, 0.3) is 11.3 Å². The first-order valence-electron chi connectivity index (χ1n) is 9.95. The quantitative estimate of drug-likeness (QED) is 0.446. The molecule has 0 fully saturated rings. The van der Waals surface area contributed by atoms with E-state index in [1.807, 2.05) is 65.2 Å². The van der Waals surface area contributed by atoms with Crippen molar-refractivity contribution in [3.63, 3.8) is 0 Å². The zero-order valence-electron chi connectivity index (χ0n) is 16.9. The fourth-order valence-corrected chi connectivity index (χ4v) is 3.24. The fourth-order valence-electron chi connectivity index (χ4n) is 3.24. The summed E-state index contributed by atoms with van der Waals surface area (Å²) in [6.07, 6.45) is 1.67. The molecule has 0 atom stereocenters. The highest BCUT2D eigenvalue weighted by atomic mass is 19.1. The van der Waals surface area contributed by atoms with Gasteiger partial charge in [-0.05, 0) is 35.4 Å². The Balaban J connectivity index is 1.52. The third-order valence-corrected chi connectivity index (χ3v) is 4.75. The van der Waals surface area contributed by atoms with Crippen molar-refractivity contribution in [2.75, 3.05) is 11.9 Å². The molecule has 0 aliphatic carbocycles. The summed E-state index contributed by atoms with van der Waals surface area (Å²) in [6.45, 7) is 0.798. The van der Waals surface area contributed by atoms with Crippen LogP contribution in [-0.2, 0) is 22.7 Å². The minimum atomic E-state index is -0.327. The molecule has 0 aliphatic rings. The molecule has 4 rings (SSSR count). The van der Waals surface area contributed by atoms with Gasteiger partial charge in [-0.15, -0.1) is 0 Å². The zero-order chi connectivity index (χ0) is 21.5. The third kappa shape index (κ3) is 5.43. The molecular weight excluding hydrogens is 393 g/mol. The molecule has 0 unspecified atom stereocenters. The molecule has 156 valence electrons. The van der Waals surface area contributed by atoms with Gasteiger partial charge in [0.15, 0.2) is 0 Å². The molecule has 0 saturated carbocycles. The first-order chi connectivity index (χ1) is 15.2. The lowest BCUT2D eigenvalue weighted by Crippen LogP contribution is -2.21. The van der Waals surface area contributed by atoms with E-state index in [2.05, 4.69) is 10.3 Å². The number of nitrogens with one attached hydrogen (secondary N) is 1. The maximum absolute atomic E-state index is 13.4. The van der Waals surface area contributed by atoms with Crippen LogP contribution in [0.15, 0.2) is 91.3 Å². The minimum Gasteiger partial charge on any atom is -0.367 e. The fraction of sp³-hybridized carbons (Fsp3) is 0.120. The monoisotopic (exact) mass is 415 g/mol. The number of benzene rings is 3. The number of hydrogen-bond acceptors (Lipinski definition) is 3. The van der Waals surface area contributed by atoms with Gasteiger partial charge >= 0.3 is 0 Å². The van der Waals surface area contributed by atoms with E-state index in [0.29, 0.717) is 30.2 Å². The molecule has 5 nitrogen and oxygen atoms in total. The number of rotatable bonds is 8. The van der Waals surface area contributed by atoms with Crippen LogP contribution >= 0.6 is 0 Å². The van der Waals surface area contributed by atoms with Crippen LogP contribution in [0.3, 0.4) is 0 Å². The zero-order valence-corrected chi connectivity index (χ0v) is 16.9. The van der Waals surface area contributed by atoms with E-state index in [0.717, 1.165) is 11.1 Å². The molecule has 4 aromatic rings. The maximum Gasteiger partial charge on any atom is 0.251 e. The predicted molar refractivity (Wildman–Crippen MR) is 118 cm³/mol. The van der Waals surface area contributed by atoms with E-state index >= 15 is 0 Å². The van der Waals surface area contributed by atoms with Gasteiger partial charge in [0.2, 0.25) is 0 Å². The van der Waals surface area contributed by atoms with Crippen LogP contribution in [0.5, 0.6) is 0 Å². The Morgan fingerprint density at radius 3 is 2.23 bits per heavy atom. The van der Waals surface area contributed by atoms with Crippen LogP contribution in [0.2, 0.25) is 0 Å². The van der Waals surface area contributed by atoms with Crippen molar-refractivity contribution < 1.29 is 13.9 Å². The number of ether oxygens (including phenoxy) is 1. The Morgan fingerprint density at radius 1 is 0.903 bits per heavy atom. The van der Waals surface area contributed by atoms with E-state index in [1.54, 1.807) is 18.5 Å². The number of anilines is 1. The molecule has 1 amide bonds. The number of nitrogens with zero attached hydrogens (tertiary/aromatic N) is 2. The summed E-state index contributed by atoms with van der Waals surface area (Å²) in [5.74, 6) is -0.0646. The molecule has 6 heteroatoms. The van der Waals surface area contributed by atoms with Crippen molar-refractivity contribution in [3.05, 3.63) is 108 Å². The van der Waals surface area contributed by atoms with Crippen molar-refractivity contribution in [3.8, 4) is 11.3 Å². The second-order valence-electron chi connectivity index (χ2n) is 7.09. The average Bonchev–Trinajstić information content (AvgIpc) is 3.17. The van der Waals surface area contributed by atoms with Crippen LogP contribution in [0, 0.1) is 5.82 Å². The number of hydrogen-bond donors (Lipinski definition) is 1. The van der Waals surface area contributed by atoms with Crippen LogP contribution in [0.4, 0.5) is 10.2 Å². The normalized spacial score (nSPS) is 10.7. The van der Waals surface area contributed by atoms with Gasteiger partial charge in [-0.1, -0.05) is 60.7 Å². The molecule has 1 aromatic heterocycles. The third-order valence-electron chi connectivity index (χ3n) is 4.75. The highest BCUT2D eigenvalue weighted by Gasteiger charge is 2.16. The van der Waals surface area contributed by atoms with Crippen molar-refractivity contribution in [2.45, 2.75) is 13.2 Å². The largest absolute Gasteiger partial charge is 0.367 e. The van der Waals surface area contributed by atoms with Gasteiger partial charge in [-0.3, -0.25) is 4.79 Å². The number of amides is 1. The SMILES string of the molecule is O=C(COCc1ccccc1)Nc1c(-c2ccc(F)cc2)ncn1Cc1ccccc1. The summed E-state index contributed by atoms with van der Waals surface area (Å²) in [5, 5.41) is 2.92. The second-order valence-corrected chi connectivity index (χ2v) is 7.09. The van der Waals surface area contributed by atoms with Crippen LogP contribution < -0.4 is 5.32 Å². The minimum absolute atomic E-state index is 0.0890. The predicted octanol–water partition coefficient (Wildman–Crippen LogP) is 4.89. The first-order valence-corrected chi connectivity index (χ1v) is 9.95. The van der Waals surface area contributed by atoms with Crippen molar-refractivity contribution >= 4 is 11.7 Å². The molecule has 1 N–H and O–H groups in total. The summed E-state index contributed by atoms with van der Waals surface area (Å²) < 4.78 is 20.8. The van der Waals surface area contributed by atoms with Gasteiger partial charge < -0.3 is 14.6 Å². The Labute approximate surface area is 180 Å². The Morgan fingerprint density at radius 2 is 1.55 bits per heavy atom. The van der Waals surface area contributed by atoms with Gasteiger partial charge in [0.1, 0.15) is 23.9 Å². The molecule has 0 aliphatic heterocycles. The van der Waals surface area contributed by atoms with Crippen LogP contribution in [0.1, 0.15) is 11.1 Å². The molecule has 1 heterocycles. The lowest BCUT2D eigenvalue weighted by Gasteiger charge is -2.12. The van der Waals surface area contributed by atoms with E-state index in [-0.39, 0.29) is 18.3 Å². The van der Waals surface area contributed by atoms with Gasteiger partial charge in [0, 0.05) is 5.56 Å². The summed E-state index contributed by atoms with van der Waals surface area (Å²) >= 11 is 0. The Hall–Kier alpha value is -3.77. The topological polar surface area (TPSA) is 56.1 Å². The molecule has 0 spiro atoms. The highest BCUT2D eigenvalue weighted by Crippen LogP contribution is 2.27. The lowest BCUT2D eigenvalue weighted by atomic mass is 10.1. The van der Waals surface area contributed by atoms with Crippen molar-refractivity contribution in [1.29, 1.82) is 0 Å². The molecule has 0 bridgehead atoms. The summed E-state index contributed by atoms with van der Waals surface area (Å²) in [5.41, 5.74) is 3.36. The average molecular weight is 415 g/mol. The van der Waals surface area contributed by atoms with Gasteiger partial charge in [0.05, 0.1) is 19.5 Å². The number of aromatic nitrogens is 2. The molecule has 3 aromatic carbocycles. The van der Waals surface area contributed by atoms with E-state index in [9.17, 15) is 9.18 Å². The van der Waals surface area contributed by atoms with Gasteiger partial charge in [-0.2, -0.15) is 0 Å². The van der Waals surface area contributed by atoms with Crippen LogP contribution in [-0.4, -0.2) is 22.1 Å². The maximum atomic E-state index is 13.4. The molecule has 31 heavy (non-hydrogen) atoms. The summed E-state index contributed by atoms with van der Waals surface area (Å²) in [7, 11) is 0. The molecule has 0 radical (unpaired) electrons. The van der Waals surface area contributed by atoms with Crippen molar-refractivity contribution in [2.24, 2.45) is 0 Å².